The molecule has 0 saturated carbocycles. The van der Waals surface area contributed by atoms with Gasteiger partial charge in [-0.25, -0.2) is 0 Å². The molecule has 1 unspecified atom stereocenters. The van der Waals surface area contributed by atoms with Crippen LogP contribution in [0.25, 0.3) is 0 Å². The molecule has 5 heteroatoms. The van der Waals surface area contributed by atoms with Crippen molar-refractivity contribution in [1.29, 1.82) is 0 Å². The largest absolute Gasteiger partial charge is 0.305 e. The van der Waals surface area contributed by atoms with Crippen molar-refractivity contribution >= 4 is 11.5 Å². The Hall–Kier alpha value is -1.33. The summed E-state index contributed by atoms with van der Waals surface area (Å²) in [6.07, 6.45) is 6.90. The van der Waals surface area contributed by atoms with Crippen LogP contribution in [0.2, 0.25) is 0 Å². The molecule has 0 spiro atoms. The van der Waals surface area contributed by atoms with Crippen molar-refractivity contribution in [3.05, 3.63) is 40.7 Å². The van der Waals surface area contributed by atoms with Gasteiger partial charge in [-0.3, -0.25) is 4.98 Å². The highest BCUT2D eigenvalue weighted by atomic mass is 32.1. The van der Waals surface area contributed by atoms with E-state index in [1.165, 1.54) is 22.0 Å². The first-order valence-electron chi connectivity index (χ1n) is 6.81. The van der Waals surface area contributed by atoms with Gasteiger partial charge in [-0.15, -0.1) is 5.10 Å². The zero-order valence-corrected chi connectivity index (χ0v) is 12.3. The molecule has 0 aliphatic rings. The standard InChI is InChI=1S/C14H20N4S/c1-3-6-12-14(19-18-17-12)13(16-8-4-2)11-7-5-9-15-10-11/h5,7,9-10,13,16H,3-4,6,8H2,1-2H3. The van der Waals surface area contributed by atoms with Gasteiger partial charge in [0.2, 0.25) is 0 Å². The predicted octanol–water partition coefficient (Wildman–Crippen LogP) is 2.97. The molecule has 2 aromatic heterocycles. The van der Waals surface area contributed by atoms with Crippen LogP contribution in [0.15, 0.2) is 24.5 Å². The summed E-state index contributed by atoms with van der Waals surface area (Å²) in [6.45, 7) is 5.32. The van der Waals surface area contributed by atoms with Gasteiger partial charge in [0.05, 0.1) is 16.6 Å². The van der Waals surface area contributed by atoms with Crippen molar-refractivity contribution in [3.8, 4) is 0 Å². The fourth-order valence-corrected chi connectivity index (χ4v) is 2.84. The van der Waals surface area contributed by atoms with Crippen LogP contribution in [0.1, 0.15) is 48.9 Å². The van der Waals surface area contributed by atoms with Crippen LogP contribution in [-0.2, 0) is 6.42 Å². The van der Waals surface area contributed by atoms with E-state index in [-0.39, 0.29) is 6.04 Å². The fourth-order valence-electron chi connectivity index (χ4n) is 2.04. The fraction of sp³-hybridized carbons (Fsp3) is 0.500. The van der Waals surface area contributed by atoms with Crippen molar-refractivity contribution in [2.75, 3.05) is 6.54 Å². The van der Waals surface area contributed by atoms with Crippen LogP contribution < -0.4 is 5.32 Å². The van der Waals surface area contributed by atoms with Gasteiger partial charge in [0, 0.05) is 12.4 Å². The van der Waals surface area contributed by atoms with Crippen LogP contribution in [0.4, 0.5) is 0 Å². The molecule has 1 N–H and O–H groups in total. The lowest BCUT2D eigenvalue weighted by Gasteiger charge is -2.17. The number of nitrogens with one attached hydrogen (secondary N) is 1. The van der Waals surface area contributed by atoms with Crippen molar-refractivity contribution in [1.82, 2.24) is 19.9 Å². The minimum Gasteiger partial charge on any atom is -0.305 e. The van der Waals surface area contributed by atoms with Gasteiger partial charge in [0.15, 0.2) is 0 Å². The topological polar surface area (TPSA) is 50.7 Å². The second kappa shape index (κ2) is 7.31. The number of hydrogen-bond donors (Lipinski definition) is 1. The minimum absolute atomic E-state index is 0.162. The Labute approximate surface area is 118 Å². The molecule has 102 valence electrons. The average Bonchev–Trinajstić information content (AvgIpc) is 2.89. The van der Waals surface area contributed by atoms with Crippen LogP contribution in [-0.4, -0.2) is 21.1 Å². The van der Waals surface area contributed by atoms with Crippen LogP contribution >= 0.6 is 11.5 Å². The summed E-state index contributed by atoms with van der Waals surface area (Å²) in [5.74, 6) is 0. The lowest BCUT2D eigenvalue weighted by molar-refractivity contribution is 0.598. The smallest absolute Gasteiger partial charge is 0.0807 e. The number of aryl methyl sites for hydroxylation is 1. The highest BCUT2D eigenvalue weighted by Crippen LogP contribution is 2.27. The first kappa shape index (κ1) is 14.1. The van der Waals surface area contributed by atoms with E-state index in [2.05, 4.69) is 39.8 Å². The molecule has 0 radical (unpaired) electrons. The van der Waals surface area contributed by atoms with Gasteiger partial charge in [-0.05, 0) is 42.5 Å². The molecule has 19 heavy (non-hydrogen) atoms. The Balaban J connectivity index is 2.29. The van der Waals surface area contributed by atoms with Gasteiger partial charge < -0.3 is 5.32 Å². The molecular weight excluding hydrogens is 256 g/mol. The summed E-state index contributed by atoms with van der Waals surface area (Å²) in [7, 11) is 0. The third-order valence-electron chi connectivity index (χ3n) is 2.95. The van der Waals surface area contributed by atoms with Gasteiger partial charge in [0.1, 0.15) is 0 Å². The van der Waals surface area contributed by atoms with Gasteiger partial charge in [-0.2, -0.15) is 0 Å². The molecular formula is C14H20N4S. The number of hydrogen-bond acceptors (Lipinski definition) is 5. The van der Waals surface area contributed by atoms with Crippen molar-refractivity contribution in [2.45, 2.75) is 39.2 Å². The van der Waals surface area contributed by atoms with E-state index in [1.54, 1.807) is 6.20 Å². The van der Waals surface area contributed by atoms with E-state index in [0.717, 1.165) is 31.5 Å². The Kier molecular flexibility index (Phi) is 5.42. The third kappa shape index (κ3) is 3.58. The lowest BCUT2D eigenvalue weighted by atomic mass is 10.0. The Morgan fingerprint density at radius 2 is 2.21 bits per heavy atom. The van der Waals surface area contributed by atoms with E-state index in [9.17, 15) is 0 Å². The average molecular weight is 276 g/mol. The molecule has 2 aromatic rings. The Morgan fingerprint density at radius 3 is 2.89 bits per heavy atom. The zero-order valence-electron chi connectivity index (χ0n) is 11.5. The predicted molar refractivity (Wildman–Crippen MR) is 78.3 cm³/mol. The molecule has 0 aliphatic heterocycles. The number of nitrogens with zero attached hydrogens (tertiary/aromatic N) is 3. The maximum Gasteiger partial charge on any atom is 0.0807 e. The highest BCUT2D eigenvalue weighted by molar-refractivity contribution is 7.05. The van der Waals surface area contributed by atoms with Crippen LogP contribution in [0.5, 0.6) is 0 Å². The van der Waals surface area contributed by atoms with Gasteiger partial charge >= 0.3 is 0 Å². The SMILES string of the molecule is CCCNC(c1cccnc1)c1snnc1CCC. The molecule has 0 fully saturated rings. The summed E-state index contributed by atoms with van der Waals surface area (Å²) in [4.78, 5) is 5.45. The number of rotatable bonds is 7. The maximum atomic E-state index is 4.27. The van der Waals surface area contributed by atoms with Gasteiger partial charge in [0.25, 0.3) is 0 Å². The molecule has 0 bridgehead atoms. The second-order valence-corrected chi connectivity index (χ2v) is 5.29. The lowest BCUT2D eigenvalue weighted by Crippen LogP contribution is -2.23. The second-order valence-electron chi connectivity index (χ2n) is 4.51. The summed E-state index contributed by atoms with van der Waals surface area (Å²) in [5.41, 5.74) is 2.30. The van der Waals surface area contributed by atoms with E-state index in [4.69, 9.17) is 0 Å². The molecule has 2 rings (SSSR count). The normalized spacial score (nSPS) is 12.5. The molecule has 0 aromatic carbocycles. The highest BCUT2D eigenvalue weighted by Gasteiger charge is 2.20. The van der Waals surface area contributed by atoms with E-state index in [0.29, 0.717) is 0 Å². The molecule has 4 nitrogen and oxygen atoms in total. The minimum atomic E-state index is 0.162. The monoisotopic (exact) mass is 276 g/mol. The quantitative estimate of drug-likeness (QED) is 0.844. The molecule has 0 amide bonds. The van der Waals surface area contributed by atoms with Gasteiger partial charge in [-0.1, -0.05) is 30.8 Å². The number of pyridine rings is 1. The van der Waals surface area contributed by atoms with E-state index in [1.807, 2.05) is 12.3 Å². The first-order valence-corrected chi connectivity index (χ1v) is 7.58. The number of aromatic nitrogens is 3. The molecule has 2 heterocycles. The first-order chi connectivity index (χ1) is 9.36. The van der Waals surface area contributed by atoms with Crippen molar-refractivity contribution < 1.29 is 0 Å². The summed E-state index contributed by atoms with van der Waals surface area (Å²) in [5, 5.41) is 7.85. The molecule has 0 aliphatic carbocycles. The van der Waals surface area contributed by atoms with E-state index >= 15 is 0 Å². The maximum absolute atomic E-state index is 4.27. The van der Waals surface area contributed by atoms with Crippen molar-refractivity contribution in [3.63, 3.8) is 0 Å². The summed E-state index contributed by atoms with van der Waals surface area (Å²) in [6, 6.07) is 4.25. The molecule has 1 atom stereocenters. The summed E-state index contributed by atoms with van der Waals surface area (Å²) < 4.78 is 4.13. The van der Waals surface area contributed by atoms with Crippen LogP contribution in [0, 0.1) is 0 Å². The summed E-state index contributed by atoms with van der Waals surface area (Å²) >= 11 is 1.49. The Morgan fingerprint density at radius 1 is 1.32 bits per heavy atom. The zero-order chi connectivity index (χ0) is 13.5. The van der Waals surface area contributed by atoms with E-state index < -0.39 is 0 Å². The Bertz CT molecular complexity index is 483. The van der Waals surface area contributed by atoms with Crippen LogP contribution in [0.3, 0.4) is 0 Å². The van der Waals surface area contributed by atoms with Crippen molar-refractivity contribution in [2.24, 2.45) is 0 Å². The molecule has 0 saturated heterocycles. The third-order valence-corrected chi connectivity index (χ3v) is 3.78.